The number of rotatable bonds is 10. The Hall–Kier alpha value is -3.99. The van der Waals surface area contributed by atoms with E-state index >= 15 is 0 Å². The van der Waals surface area contributed by atoms with E-state index in [1.165, 1.54) is 0 Å². The molecule has 4 N–H and O–H groups in total. The Morgan fingerprint density at radius 1 is 1.22 bits per heavy atom. The van der Waals surface area contributed by atoms with Crippen LogP contribution in [-0.2, 0) is 6.18 Å². The van der Waals surface area contributed by atoms with Crippen molar-refractivity contribution < 1.29 is 18.0 Å². The van der Waals surface area contributed by atoms with Gasteiger partial charge in [0.05, 0.1) is 11.3 Å². The molecular weight excluding hydrogens is 483 g/mol. The van der Waals surface area contributed by atoms with Crippen molar-refractivity contribution in [1.29, 1.82) is 0 Å². The zero-order valence-corrected chi connectivity index (χ0v) is 20.7. The molecule has 0 bridgehead atoms. The van der Waals surface area contributed by atoms with E-state index in [1.807, 2.05) is 18.1 Å². The molecule has 1 aliphatic rings. The van der Waals surface area contributed by atoms with Crippen LogP contribution in [0.3, 0.4) is 0 Å². The summed E-state index contributed by atoms with van der Waals surface area (Å²) in [4.78, 5) is 26.8. The van der Waals surface area contributed by atoms with Crippen LogP contribution in [0, 0.1) is 5.92 Å². The van der Waals surface area contributed by atoms with Gasteiger partial charge in [0, 0.05) is 36.3 Å². The lowest BCUT2D eigenvalue weighted by atomic mass is 10.0. The lowest BCUT2D eigenvalue weighted by Crippen LogP contribution is -2.32. The van der Waals surface area contributed by atoms with E-state index in [0.717, 1.165) is 37.7 Å². The topological polar surface area (TPSA) is 108 Å². The minimum absolute atomic E-state index is 0.197. The molecule has 1 aromatic carbocycles. The third-order valence-corrected chi connectivity index (χ3v) is 5.77. The van der Waals surface area contributed by atoms with Gasteiger partial charge in [0.15, 0.2) is 0 Å². The summed E-state index contributed by atoms with van der Waals surface area (Å²) in [5.41, 5.74) is 7.32. The monoisotopic (exact) mass is 513 g/mol. The standard InChI is InChI=1S/C26H30F3N7O/c1-17(16-31-2)5-4-13-36-14-12-34-24(30)23(36)22(32-3)18-6-8-19(9-7-18)25(37)35-21-15-20(10-11-33-21)26(27,28)29/h6-12,14-15,17,31H,3-5,13,16H2,1-2H3,(H2,30,34)(H,33,35,37)/b23-22-. The highest BCUT2D eigenvalue weighted by Gasteiger charge is 2.31. The van der Waals surface area contributed by atoms with Crippen LogP contribution in [0.1, 0.15) is 41.3 Å². The Balaban J connectivity index is 1.78. The molecule has 196 valence electrons. The molecule has 3 rings (SSSR count). The molecule has 11 heteroatoms. The lowest BCUT2D eigenvalue weighted by Gasteiger charge is -2.27. The number of benzene rings is 1. The van der Waals surface area contributed by atoms with Crippen molar-refractivity contribution in [2.75, 3.05) is 25.5 Å². The summed E-state index contributed by atoms with van der Waals surface area (Å²) in [5.74, 6) is 0.0277. The molecule has 0 aliphatic carbocycles. The van der Waals surface area contributed by atoms with E-state index in [2.05, 4.69) is 39.2 Å². The summed E-state index contributed by atoms with van der Waals surface area (Å²) in [6.45, 7) is 7.53. The number of nitrogens with one attached hydrogen (secondary N) is 2. The molecule has 0 fully saturated rings. The van der Waals surface area contributed by atoms with Crippen molar-refractivity contribution in [3.8, 4) is 0 Å². The fourth-order valence-electron chi connectivity index (χ4n) is 3.93. The Morgan fingerprint density at radius 2 is 1.92 bits per heavy atom. The summed E-state index contributed by atoms with van der Waals surface area (Å²) >= 11 is 0. The first kappa shape index (κ1) is 27.6. The number of alkyl halides is 3. The molecule has 1 aliphatic heterocycles. The van der Waals surface area contributed by atoms with Gasteiger partial charge < -0.3 is 21.3 Å². The number of pyridine rings is 1. The highest BCUT2D eigenvalue weighted by atomic mass is 19.4. The molecule has 0 saturated carbocycles. The molecule has 37 heavy (non-hydrogen) atoms. The van der Waals surface area contributed by atoms with Gasteiger partial charge in [-0.15, -0.1) is 0 Å². The first-order valence-electron chi connectivity index (χ1n) is 11.7. The fraction of sp³-hybridized carbons (Fsp3) is 0.308. The second-order valence-corrected chi connectivity index (χ2v) is 8.63. The number of aliphatic imine (C=N–C) groups is 2. The van der Waals surface area contributed by atoms with E-state index in [0.29, 0.717) is 35.3 Å². The van der Waals surface area contributed by atoms with Gasteiger partial charge in [0.25, 0.3) is 5.91 Å². The number of hydrogen-bond acceptors (Lipinski definition) is 7. The Morgan fingerprint density at radius 3 is 2.57 bits per heavy atom. The molecule has 0 spiro atoms. The van der Waals surface area contributed by atoms with Crippen molar-refractivity contribution in [3.05, 3.63) is 77.4 Å². The van der Waals surface area contributed by atoms with Crippen LogP contribution < -0.4 is 16.4 Å². The van der Waals surface area contributed by atoms with Crippen LogP contribution in [-0.4, -0.2) is 48.5 Å². The van der Waals surface area contributed by atoms with Crippen molar-refractivity contribution in [3.63, 3.8) is 0 Å². The van der Waals surface area contributed by atoms with Crippen LogP contribution in [0.4, 0.5) is 19.0 Å². The van der Waals surface area contributed by atoms with Gasteiger partial charge in [-0.3, -0.25) is 9.79 Å². The van der Waals surface area contributed by atoms with E-state index in [4.69, 9.17) is 5.73 Å². The Bertz CT molecular complexity index is 1200. The summed E-state index contributed by atoms with van der Waals surface area (Å²) in [5, 5.41) is 5.57. The van der Waals surface area contributed by atoms with Gasteiger partial charge in [-0.2, -0.15) is 13.2 Å². The van der Waals surface area contributed by atoms with E-state index in [1.54, 1.807) is 30.5 Å². The minimum Gasteiger partial charge on any atom is -0.382 e. The first-order chi connectivity index (χ1) is 17.6. The highest BCUT2D eigenvalue weighted by molar-refractivity contribution is 6.06. The van der Waals surface area contributed by atoms with Crippen molar-refractivity contribution in [2.24, 2.45) is 21.6 Å². The summed E-state index contributed by atoms with van der Waals surface area (Å²) in [6.07, 6.45) is 1.88. The number of anilines is 1. The van der Waals surface area contributed by atoms with Crippen LogP contribution >= 0.6 is 0 Å². The van der Waals surface area contributed by atoms with Crippen LogP contribution in [0.2, 0.25) is 0 Å². The summed E-state index contributed by atoms with van der Waals surface area (Å²) in [6, 6.07) is 8.04. The quantitative estimate of drug-likeness (QED) is 0.406. The number of amides is 1. The number of nitrogens with zero attached hydrogens (tertiary/aromatic N) is 4. The number of carbonyl (C=O) groups excluding carboxylic acids is 1. The number of carbonyl (C=O) groups is 1. The van der Waals surface area contributed by atoms with Gasteiger partial charge in [-0.25, -0.2) is 9.98 Å². The largest absolute Gasteiger partial charge is 0.416 e. The molecule has 2 aromatic rings. The van der Waals surface area contributed by atoms with Crippen LogP contribution in [0.5, 0.6) is 0 Å². The average molecular weight is 514 g/mol. The second kappa shape index (κ2) is 12.3. The third kappa shape index (κ3) is 7.26. The predicted molar refractivity (Wildman–Crippen MR) is 140 cm³/mol. The lowest BCUT2D eigenvalue weighted by molar-refractivity contribution is -0.137. The zero-order valence-electron chi connectivity index (χ0n) is 20.7. The van der Waals surface area contributed by atoms with Gasteiger partial charge in [0.2, 0.25) is 0 Å². The maximum atomic E-state index is 12.9. The molecule has 1 aromatic heterocycles. The molecule has 1 unspecified atom stereocenters. The van der Waals surface area contributed by atoms with Crippen molar-refractivity contribution >= 4 is 30.0 Å². The molecule has 0 saturated heterocycles. The third-order valence-electron chi connectivity index (χ3n) is 5.77. The SMILES string of the molecule is C=N/C(=C1/C(N)=NC=CN1CCCC(C)CNC)c1ccc(C(=O)Nc2cc(C(F)(F)F)ccn2)cc1. The van der Waals surface area contributed by atoms with Crippen molar-refractivity contribution in [1.82, 2.24) is 15.2 Å². The molecule has 2 heterocycles. The molecule has 1 atom stereocenters. The minimum atomic E-state index is -4.54. The number of aromatic nitrogens is 1. The van der Waals surface area contributed by atoms with E-state index in [-0.39, 0.29) is 11.4 Å². The van der Waals surface area contributed by atoms with Gasteiger partial charge in [-0.05, 0) is 63.3 Å². The number of nitrogens with two attached hydrogens (primary N) is 1. The maximum absolute atomic E-state index is 12.9. The van der Waals surface area contributed by atoms with Crippen LogP contribution in [0.15, 0.2) is 70.7 Å². The Kier molecular flexibility index (Phi) is 9.18. The maximum Gasteiger partial charge on any atom is 0.416 e. The first-order valence-corrected chi connectivity index (χ1v) is 11.7. The van der Waals surface area contributed by atoms with Gasteiger partial charge in [0.1, 0.15) is 17.4 Å². The van der Waals surface area contributed by atoms with E-state index in [9.17, 15) is 18.0 Å². The van der Waals surface area contributed by atoms with Crippen molar-refractivity contribution in [2.45, 2.75) is 25.9 Å². The number of hydrogen-bond donors (Lipinski definition) is 3. The normalized spacial score (nSPS) is 15.7. The highest BCUT2D eigenvalue weighted by Crippen LogP contribution is 2.30. The average Bonchev–Trinajstić information content (AvgIpc) is 2.86. The smallest absolute Gasteiger partial charge is 0.382 e. The Labute approximate surface area is 213 Å². The number of amidine groups is 1. The van der Waals surface area contributed by atoms with Gasteiger partial charge in [-0.1, -0.05) is 19.1 Å². The van der Waals surface area contributed by atoms with Gasteiger partial charge >= 0.3 is 6.18 Å². The predicted octanol–water partition coefficient (Wildman–Crippen LogP) is 4.50. The number of halogens is 3. The van der Waals surface area contributed by atoms with Crippen LogP contribution in [0.25, 0.3) is 5.70 Å². The molecule has 1 amide bonds. The molecule has 8 nitrogen and oxygen atoms in total. The second-order valence-electron chi connectivity index (χ2n) is 8.63. The summed E-state index contributed by atoms with van der Waals surface area (Å²) < 4.78 is 38.8. The molecular formula is C26H30F3N7O. The fourth-order valence-corrected chi connectivity index (χ4v) is 3.93. The zero-order chi connectivity index (χ0) is 27.0. The molecule has 0 radical (unpaired) electrons. The van der Waals surface area contributed by atoms with E-state index < -0.39 is 17.6 Å². The summed E-state index contributed by atoms with van der Waals surface area (Å²) in [7, 11) is 1.93.